The summed E-state index contributed by atoms with van der Waals surface area (Å²) in [5.74, 6) is 0. The second-order valence-electron chi connectivity index (χ2n) is 11.9. The van der Waals surface area contributed by atoms with E-state index in [4.69, 9.17) is 5.73 Å². The van der Waals surface area contributed by atoms with E-state index in [2.05, 4.69) is 50.3 Å². The first-order valence-corrected chi connectivity index (χ1v) is 17.5. The van der Waals surface area contributed by atoms with E-state index in [9.17, 15) is 0 Å². The molecule has 0 aromatic rings. The molecule has 0 saturated carbocycles. The van der Waals surface area contributed by atoms with Crippen LogP contribution < -0.4 is 5.73 Å². The normalized spacial score (nSPS) is 13.0. The van der Waals surface area contributed by atoms with E-state index in [1.807, 2.05) is 0 Å². The maximum absolute atomic E-state index is 6.38. The van der Waals surface area contributed by atoms with Crippen LogP contribution in [0.4, 0.5) is 0 Å². The maximum Gasteiger partial charge on any atom is 0.00388 e. The molecule has 0 amide bonds. The summed E-state index contributed by atoms with van der Waals surface area (Å²) in [5.41, 5.74) is 6.38. The molecule has 0 aliphatic heterocycles. The number of hydrogen-bond donors (Lipinski definition) is 1. The fourth-order valence-corrected chi connectivity index (χ4v) is 5.19. The Hall–Kier alpha value is -0.820. The Labute approximate surface area is 241 Å². The Morgan fingerprint density at radius 2 is 0.658 bits per heavy atom. The van der Waals surface area contributed by atoms with Gasteiger partial charge in [0.15, 0.2) is 0 Å². The Bertz CT molecular complexity index is 503. The van der Waals surface area contributed by atoms with Crippen molar-refractivity contribution >= 4 is 0 Å². The molecule has 0 rings (SSSR count). The summed E-state index contributed by atoms with van der Waals surface area (Å²) in [6.07, 6.45) is 52.0. The van der Waals surface area contributed by atoms with Crippen molar-refractivity contribution in [3.05, 3.63) is 36.5 Å². The van der Waals surface area contributed by atoms with Crippen LogP contribution in [-0.2, 0) is 0 Å². The first-order chi connectivity index (χ1) is 18.8. The van der Waals surface area contributed by atoms with Gasteiger partial charge in [-0.1, -0.05) is 159 Å². The van der Waals surface area contributed by atoms with Crippen LogP contribution in [0.5, 0.6) is 0 Å². The lowest BCUT2D eigenvalue weighted by molar-refractivity contribution is 0.482. The van der Waals surface area contributed by atoms with Gasteiger partial charge in [0, 0.05) is 6.04 Å². The van der Waals surface area contributed by atoms with Gasteiger partial charge >= 0.3 is 0 Å². The van der Waals surface area contributed by atoms with Crippen molar-refractivity contribution in [2.75, 3.05) is 0 Å². The molecule has 0 aliphatic rings. The van der Waals surface area contributed by atoms with Crippen molar-refractivity contribution in [1.29, 1.82) is 0 Å². The zero-order valence-electron chi connectivity index (χ0n) is 26.4. The highest BCUT2D eigenvalue weighted by Crippen LogP contribution is 2.14. The van der Waals surface area contributed by atoms with Gasteiger partial charge in [-0.3, -0.25) is 0 Å². The molecule has 0 radical (unpaired) electrons. The van der Waals surface area contributed by atoms with Gasteiger partial charge in [-0.15, -0.1) is 0 Å². The van der Waals surface area contributed by atoms with E-state index in [0.29, 0.717) is 6.04 Å². The van der Waals surface area contributed by atoms with Crippen LogP contribution in [0.15, 0.2) is 36.5 Å². The predicted octanol–water partition coefficient (Wildman–Crippen LogP) is 12.9. The first kappa shape index (κ1) is 37.2. The van der Waals surface area contributed by atoms with Crippen LogP contribution in [0.25, 0.3) is 0 Å². The first-order valence-electron chi connectivity index (χ1n) is 17.5. The fourth-order valence-electron chi connectivity index (χ4n) is 5.19. The van der Waals surface area contributed by atoms with E-state index in [-0.39, 0.29) is 0 Å². The van der Waals surface area contributed by atoms with Crippen LogP contribution in [-0.4, -0.2) is 6.04 Å². The predicted molar refractivity (Wildman–Crippen MR) is 176 cm³/mol. The van der Waals surface area contributed by atoms with Crippen LogP contribution in [0.2, 0.25) is 0 Å². The van der Waals surface area contributed by atoms with Gasteiger partial charge in [0.1, 0.15) is 0 Å². The summed E-state index contributed by atoms with van der Waals surface area (Å²) < 4.78 is 0. The third-order valence-electron chi connectivity index (χ3n) is 7.86. The summed E-state index contributed by atoms with van der Waals surface area (Å²) in [6, 6.07) is 0.442. The summed E-state index contributed by atoms with van der Waals surface area (Å²) in [5, 5.41) is 0. The summed E-state index contributed by atoms with van der Waals surface area (Å²) >= 11 is 0. The summed E-state index contributed by atoms with van der Waals surface area (Å²) in [6.45, 7) is 4.56. The highest BCUT2D eigenvalue weighted by molar-refractivity contribution is 4.92. The molecule has 1 atom stereocenters. The molecule has 0 spiro atoms. The lowest BCUT2D eigenvalue weighted by Crippen LogP contribution is -2.19. The number of rotatable bonds is 31. The maximum atomic E-state index is 6.38. The Morgan fingerprint density at radius 1 is 0.368 bits per heavy atom. The van der Waals surface area contributed by atoms with Crippen LogP contribution >= 0.6 is 0 Å². The third-order valence-corrected chi connectivity index (χ3v) is 7.86. The minimum Gasteiger partial charge on any atom is -0.328 e. The van der Waals surface area contributed by atoms with E-state index in [1.54, 1.807) is 0 Å². The Morgan fingerprint density at radius 3 is 1.08 bits per heavy atom. The molecule has 0 fully saturated rings. The van der Waals surface area contributed by atoms with Crippen LogP contribution in [0.3, 0.4) is 0 Å². The molecule has 0 saturated heterocycles. The number of nitrogens with two attached hydrogens (primary N) is 1. The number of unbranched alkanes of at least 4 members (excludes halogenated alkanes) is 21. The van der Waals surface area contributed by atoms with E-state index in [0.717, 1.165) is 6.42 Å². The van der Waals surface area contributed by atoms with Gasteiger partial charge < -0.3 is 5.73 Å². The molecule has 0 aliphatic carbocycles. The van der Waals surface area contributed by atoms with Gasteiger partial charge in [-0.25, -0.2) is 0 Å². The number of allylic oxidation sites excluding steroid dienone is 6. The van der Waals surface area contributed by atoms with Crippen molar-refractivity contribution in [3.8, 4) is 0 Å². The van der Waals surface area contributed by atoms with E-state index in [1.165, 1.54) is 173 Å². The second-order valence-corrected chi connectivity index (χ2v) is 11.9. The zero-order valence-corrected chi connectivity index (χ0v) is 26.4. The molecule has 1 unspecified atom stereocenters. The van der Waals surface area contributed by atoms with Crippen molar-refractivity contribution in [3.63, 3.8) is 0 Å². The molecule has 1 heteroatoms. The minimum atomic E-state index is 0.442. The van der Waals surface area contributed by atoms with Crippen LogP contribution in [0, 0.1) is 0 Å². The van der Waals surface area contributed by atoms with E-state index >= 15 is 0 Å². The smallest absolute Gasteiger partial charge is 0.00388 e. The molecular weight excluding hydrogens is 458 g/mol. The lowest BCUT2D eigenvalue weighted by Gasteiger charge is -2.11. The fraction of sp³-hybridized carbons (Fsp3) is 0.838. The van der Waals surface area contributed by atoms with Gasteiger partial charge in [0.25, 0.3) is 0 Å². The molecular formula is C37H71N. The third kappa shape index (κ3) is 33.2. The van der Waals surface area contributed by atoms with Crippen molar-refractivity contribution in [2.45, 2.75) is 200 Å². The molecule has 0 aromatic heterocycles. The average molecular weight is 530 g/mol. The summed E-state index contributed by atoms with van der Waals surface area (Å²) in [7, 11) is 0. The molecule has 2 N–H and O–H groups in total. The molecule has 1 nitrogen and oxygen atoms in total. The Balaban J connectivity index is 3.26. The van der Waals surface area contributed by atoms with Gasteiger partial charge in [-0.2, -0.15) is 0 Å². The van der Waals surface area contributed by atoms with Crippen molar-refractivity contribution in [1.82, 2.24) is 0 Å². The van der Waals surface area contributed by atoms with Crippen molar-refractivity contribution in [2.24, 2.45) is 5.73 Å². The Kier molecular flexibility index (Phi) is 33.5. The van der Waals surface area contributed by atoms with Gasteiger partial charge in [-0.05, 0) is 70.6 Å². The number of hydrogen-bond acceptors (Lipinski definition) is 1. The van der Waals surface area contributed by atoms with Gasteiger partial charge in [0.05, 0.1) is 0 Å². The lowest BCUT2D eigenvalue weighted by atomic mass is 10.0. The molecule has 38 heavy (non-hydrogen) atoms. The zero-order chi connectivity index (χ0) is 27.6. The van der Waals surface area contributed by atoms with Crippen LogP contribution in [0.1, 0.15) is 194 Å². The SMILES string of the molecule is CCCCCC=CCC=CCCCCCCCCC(N)CCCCCCCCC=CCCCCCCCC. The second kappa shape index (κ2) is 34.2. The molecule has 224 valence electrons. The van der Waals surface area contributed by atoms with Crippen molar-refractivity contribution < 1.29 is 0 Å². The standard InChI is InChI=1S/C37H71N/c1-3-5-7-9-11-13-15-17-19-21-23-25-27-29-31-33-35-37(38)36-34-32-30-28-26-24-22-20-18-16-14-12-10-8-6-4-2/h11,13,17-20,37H,3-10,12,14-16,21-36,38H2,1-2H3. The molecule has 0 heterocycles. The van der Waals surface area contributed by atoms with Gasteiger partial charge in [0.2, 0.25) is 0 Å². The minimum absolute atomic E-state index is 0.442. The highest BCUT2D eigenvalue weighted by atomic mass is 14.6. The largest absolute Gasteiger partial charge is 0.328 e. The molecule has 0 bridgehead atoms. The van der Waals surface area contributed by atoms with E-state index < -0.39 is 0 Å². The topological polar surface area (TPSA) is 26.0 Å². The highest BCUT2D eigenvalue weighted by Gasteiger charge is 2.02. The quantitative estimate of drug-likeness (QED) is 0.0701. The molecule has 0 aromatic carbocycles. The monoisotopic (exact) mass is 530 g/mol. The summed E-state index contributed by atoms with van der Waals surface area (Å²) in [4.78, 5) is 0. The average Bonchev–Trinajstić information content (AvgIpc) is 2.92.